The molecule has 1 amide bonds. The Labute approximate surface area is 190 Å². The predicted molar refractivity (Wildman–Crippen MR) is 114 cm³/mol. The molecule has 0 unspecified atom stereocenters. The number of halogens is 4. The molecule has 0 radical (unpaired) electrons. The monoisotopic (exact) mass is 482 g/mol. The van der Waals surface area contributed by atoms with E-state index in [0.29, 0.717) is 31.9 Å². The minimum atomic E-state index is -4.50. The fourth-order valence-corrected chi connectivity index (χ4v) is 3.73. The van der Waals surface area contributed by atoms with E-state index < -0.39 is 23.5 Å². The smallest absolute Gasteiger partial charge is 0.411 e. The van der Waals surface area contributed by atoms with Crippen molar-refractivity contribution in [1.29, 1.82) is 0 Å². The summed E-state index contributed by atoms with van der Waals surface area (Å²) < 4.78 is 63.4. The zero-order valence-corrected chi connectivity index (χ0v) is 17.9. The van der Waals surface area contributed by atoms with Crippen molar-refractivity contribution < 1.29 is 31.5 Å². The van der Waals surface area contributed by atoms with E-state index in [-0.39, 0.29) is 28.2 Å². The first-order valence-corrected chi connectivity index (χ1v) is 10.8. The number of aromatic nitrogens is 2. The molecule has 2 aromatic carbocycles. The number of morpholine rings is 1. The third kappa shape index (κ3) is 5.82. The van der Waals surface area contributed by atoms with Crippen LogP contribution >= 0.6 is 11.8 Å². The van der Waals surface area contributed by atoms with Crippen molar-refractivity contribution in [2.75, 3.05) is 42.3 Å². The number of benzene rings is 2. The lowest BCUT2D eigenvalue weighted by atomic mass is 10.1. The van der Waals surface area contributed by atoms with Crippen LogP contribution in [0.15, 0.2) is 52.1 Å². The molecule has 0 bridgehead atoms. The lowest BCUT2D eigenvalue weighted by molar-refractivity contribution is -0.137. The quantitative estimate of drug-likeness (QED) is 0.410. The molecule has 0 spiro atoms. The molecule has 1 saturated heterocycles. The molecule has 2 heterocycles. The van der Waals surface area contributed by atoms with Gasteiger partial charge in [0.1, 0.15) is 5.82 Å². The molecule has 0 atom stereocenters. The third-order valence-corrected chi connectivity index (χ3v) is 5.59. The summed E-state index contributed by atoms with van der Waals surface area (Å²) in [6, 6.07) is 8.70. The summed E-state index contributed by atoms with van der Waals surface area (Å²) >= 11 is 0.975. The highest BCUT2D eigenvalue weighted by molar-refractivity contribution is 7.99. The van der Waals surface area contributed by atoms with Gasteiger partial charge in [0.05, 0.1) is 35.9 Å². The van der Waals surface area contributed by atoms with Crippen LogP contribution in [0.5, 0.6) is 0 Å². The number of alkyl halides is 3. The molecule has 7 nitrogen and oxygen atoms in total. The Kier molecular flexibility index (Phi) is 6.84. The van der Waals surface area contributed by atoms with Gasteiger partial charge in [0.2, 0.25) is 11.8 Å². The second kappa shape index (κ2) is 9.79. The van der Waals surface area contributed by atoms with Crippen LogP contribution in [0.25, 0.3) is 11.5 Å². The van der Waals surface area contributed by atoms with Gasteiger partial charge in [0.15, 0.2) is 0 Å². The highest BCUT2D eigenvalue weighted by Crippen LogP contribution is 2.36. The van der Waals surface area contributed by atoms with Crippen LogP contribution in [-0.2, 0) is 15.7 Å². The normalized spacial score (nSPS) is 14.4. The zero-order chi connectivity index (χ0) is 23.4. The van der Waals surface area contributed by atoms with E-state index in [2.05, 4.69) is 15.5 Å². The summed E-state index contributed by atoms with van der Waals surface area (Å²) in [4.78, 5) is 14.2. The van der Waals surface area contributed by atoms with E-state index in [0.717, 1.165) is 23.9 Å². The molecule has 0 saturated carbocycles. The first-order valence-electron chi connectivity index (χ1n) is 9.85. The summed E-state index contributed by atoms with van der Waals surface area (Å²) in [5, 5.41) is 10.5. The average molecular weight is 482 g/mol. The maximum atomic E-state index is 13.2. The maximum Gasteiger partial charge on any atom is 0.416 e. The van der Waals surface area contributed by atoms with Crippen molar-refractivity contribution in [2.24, 2.45) is 0 Å². The Morgan fingerprint density at radius 1 is 1.09 bits per heavy atom. The van der Waals surface area contributed by atoms with Crippen LogP contribution in [-0.4, -0.2) is 48.2 Å². The van der Waals surface area contributed by atoms with Crippen LogP contribution in [0.4, 0.5) is 28.9 Å². The molecule has 1 aromatic heterocycles. The number of nitrogens with zero attached hydrogens (tertiary/aromatic N) is 3. The zero-order valence-electron chi connectivity index (χ0n) is 17.1. The van der Waals surface area contributed by atoms with Gasteiger partial charge in [-0.2, -0.15) is 13.2 Å². The summed E-state index contributed by atoms with van der Waals surface area (Å²) in [6.45, 7) is 1.58. The largest absolute Gasteiger partial charge is 0.416 e. The van der Waals surface area contributed by atoms with Gasteiger partial charge in [-0.15, -0.1) is 10.2 Å². The Morgan fingerprint density at radius 2 is 1.82 bits per heavy atom. The Bertz CT molecular complexity index is 1120. The minimum Gasteiger partial charge on any atom is -0.411 e. The molecular weight excluding hydrogens is 464 g/mol. The fraction of sp³-hybridized carbons (Fsp3) is 0.286. The number of ether oxygens (including phenoxy) is 1. The Hall–Kier alpha value is -3.12. The molecule has 4 rings (SSSR count). The van der Waals surface area contributed by atoms with Gasteiger partial charge < -0.3 is 19.4 Å². The van der Waals surface area contributed by atoms with Crippen molar-refractivity contribution in [3.63, 3.8) is 0 Å². The molecule has 0 aliphatic carbocycles. The SMILES string of the molecule is O=C(CSc1nnc(-c2ccc(F)cc2)o1)Nc1ccc(C(F)(F)F)cc1N1CCOCC1. The highest BCUT2D eigenvalue weighted by Gasteiger charge is 2.32. The molecule has 1 aliphatic heterocycles. The lowest BCUT2D eigenvalue weighted by Crippen LogP contribution is -2.37. The highest BCUT2D eigenvalue weighted by atomic mass is 32.2. The van der Waals surface area contributed by atoms with Crippen molar-refractivity contribution in [2.45, 2.75) is 11.4 Å². The number of thioether (sulfide) groups is 1. The van der Waals surface area contributed by atoms with E-state index in [9.17, 15) is 22.4 Å². The average Bonchev–Trinajstić information content (AvgIpc) is 3.27. The molecule has 1 N–H and O–H groups in total. The van der Waals surface area contributed by atoms with Gasteiger partial charge in [0.25, 0.3) is 5.22 Å². The van der Waals surface area contributed by atoms with E-state index in [4.69, 9.17) is 9.15 Å². The molecule has 174 valence electrons. The van der Waals surface area contributed by atoms with Crippen LogP contribution in [0, 0.1) is 5.82 Å². The van der Waals surface area contributed by atoms with Crippen molar-refractivity contribution in [3.8, 4) is 11.5 Å². The second-order valence-electron chi connectivity index (χ2n) is 7.05. The van der Waals surface area contributed by atoms with Crippen LogP contribution in [0.1, 0.15) is 5.56 Å². The molecule has 1 aliphatic rings. The number of rotatable bonds is 6. The van der Waals surface area contributed by atoms with Gasteiger partial charge in [-0.25, -0.2) is 4.39 Å². The first kappa shape index (κ1) is 23.1. The molecular formula is C21H18F4N4O3S. The maximum absolute atomic E-state index is 13.2. The minimum absolute atomic E-state index is 0.103. The van der Waals surface area contributed by atoms with Gasteiger partial charge in [-0.1, -0.05) is 11.8 Å². The lowest BCUT2D eigenvalue weighted by Gasteiger charge is -2.31. The van der Waals surface area contributed by atoms with E-state index >= 15 is 0 Å². The van der Waals surface area contributed by atoms with Gasteiger partial charge in [0, 0.05) is 18.7 Å². The molecule has 1 fully saturated rings. The number of amides is 1. The summed E-state index contributed by atoms with van der Waals surface area (Å²) in [7, 11) is 0. The van der Waals surface area contributed by atoms with Crippen molar-refractivity contribution in [1.82, 2.24) is 10.2 Å². The topological polar surface area (TPSA) is 80.5 Å². The van der Waals surface area contributed by atoms with Crippen LogP contribution < -0.4 is 10.2 Å². The molecule has 33 heavy (non-hydrogen) atoms. The fourth-order valence-electron chi connectivity index (χ4n) is 3.17. The van der Waals surface area contributed by atoms with Crippen molar-refractivity contribution >= 4 is 29.0 Å². The van der Waals surface area contributed by atoms with Gasteiger partial charge in [-0.05, 0) is 42.5 Å². The summed E-state index contributed by atoms with van der Waals surface area (Å²) in [5.74, 6) is -0.774. The molecule has 3 aromatic rings. The summed E-state index contributed by atoms with van der Waals surface area (Å²) in [6.07, 6.45) is -4.50. The summed E-state index contributed by atoms with van der Waals surface area (Å²) in [5.41, 5.74) is 0.284. The number of hydrogen-bond donors (Lipinski definition) is 1. The number of carbonyl (C=O) groups excluding carboxylic acids is 1. The Balaban J connectivity index is 1.43. The van der Waals surface area contributed by atoms with E-state index in [1.165, 1.54) is 30.3 Å². The predicted octanol–water partition coefficient (Wildman–Crippen LogP) is 4.46. The van der Waals surface area contributed by atoms with Gasteiger partial charge in [-0.3, -0.25) is 4.79 Å². The molecule has 12 heteroatoms. The first-order chi connectivity index (χ1) is 15.8. The second-order valence-corrected chi connectivity index (χ2v) is 7.97. The number of carbonyl (C=O) groups is 1. The van der Waals surface area contributed by atoms with Gasteiger partial charge >= 0.3 is 6.18 Å². The van der Waals surface area contributed by atoms with Crippen LogP contribution in [0.2, 0.25) is 0 Å². The number of nitrogens with one attached hydrogen (secondary N) is 1. The third-order valence-electron chi connectivity index (χ3n) is 4.78. The number of hydrogen-bond acceptors (Lipinski definition) is 7. The van der Waals surface area contributed by atoms with Crippen molar-refractivity contribution in [3.05, 3.63) is 53.8 Å². The van der Waals surface area contributed by atoms with E-state index in [1.54, 1.807) is 4.90 Å². The standard InChI is InChI=1S/C21H18F4N4O3S/c22-15-4-1-13(2-5-15)19-27-28-20(32-19)33-12-18(30)26-16-6-3-14(21(23,24)25)11-17(16)29-7-9-31-10-8-29/h1-6,11H,7-10,12H2,(H,26,30). The van der Waals surface area contributed by atoms with E-state index in [1.807, 2.05) is 0 Å². The number of anilines is 2. The van der Waals surface area contributed by atoms with Crippen LogP contribution in [0.3, 0.4) is 0 Å². The Morgan fingerprint density at radius 3 is 2.52 bits per heavy atom.